The highest BCUT2D eigenvalue weighted by Crippen LogP contribution is 2.48. The Morgan fingerprint density at radius 3 is 2.70 bits per heavy atom. The van der Waals surface area contributed by atoms with Crippen molar-refractivity contribution in [2.45, 2.75) is 77.0 Å². The van der Waals surface area contributed by atoms with Gasteiger partial charge in [-0.2, -0.15) is 0 Å². The second-order valence-corrected chi connectivity index (χ2v) is 9.69. The van der Waals surface area contributed by atoms with E-state index < -0.39 is 0 Å². The minimum atomic E-state index is -0.185. The van der Waals surface area contributed by atoms with Crippen LogP contribution in [0.4, 0.5) is 4.39 Å². The first-order valence-corrected chi connectivity index (χ1v) is 12.1. The highest BCUT2D eigenvalue weighted by molar-refractivity contribution is 5.85. The molecule has 4 rings (SSSR count). The highest BCUT2D eigenvalue weighted by atomic mass is 19.1. The third kappa shape index (κ3) is 4.90. The van der Waals surface area contributed by atoms with E-state index in [1.807, 2.05) is 6.07 Å². The Bertz CT molecular complexity index is 857. The zero-order valence-corrected chi connectivity index (χ0v) is 18.5. The Balaban J connectivity index is 1.42. The van der Waals surface area contributed by atoms with Crippen LogP contribution in [-0.2, 0) is 0 Å². The van der Waals surface area contributed by atoms with E-state index in [4.69, 9.17) is 4.74 Å². The van der Waals surface area contributed by atoms with Gasteiger partial charge in [-0.3, -0.25) is 0 Å². The van der Waals surface area contributed by atoms with Crippen molar-refractivity contribution in [2.75, 3.05) is 6.61 Å². The summed E-state index contributed by atoms with van der Waals surface area (Å²) in [4.78, 5) is 0. The van der Waals surface area contributed by atoms with Gasteiger partial charge in [0.15, 0.2) is 0 Å². The van der Waals surface area contributed by atoms with Crippen LogP contribution in [0.1, 0.15) is 82.6 Å². The smallest absolute Gasteiger partial charge is 0.134 e. The first-order chi connectivity index (χ1) is 14.7. The fourth-order valence-corrected chi connectivity index (χ4v) is 6.03. The van der Waals surface area contributed by atoms with E-state index in [9.17, 15) is 4.39 Å². The third-order valence-electron chi connectivity index (χ3n) is 7.68. The summed E-state index contributed by atoms with van der Waals surface area (Å²) in [5.74, 6) is 3.76. The van der Waals surface area contributed by atoms with Gasteiger partial charge in [-0.1, -0.05) is 63.8 Å². The van der Waals surface area contributed by atoms with Crippen molar-refractivity contribution in [2.24, 2.45) is 17.8 Å². The Morgan fingerprint density at radius 2 is 1.87 bits per heavy atom. The van der Waals surface area contributed by atoms with Gasteiger partial charge in [0.25, 0.3) is 0 Å². The Kier molecular flexibility index (Phi) is 7.12. The molecule has 2 heteroatoms. The monoisotopic (exact) mass is 408 g/mol. The fourth-order valence-electron chi connectivity index (χ4n) is 6.03. The zero-order valence-electron chi connectivity index (χ0n) is 18.5. The van der Waals surface area contributed by atoms with Crippen LogP contribution in [0.5, 0.6) is 5.75 Å². The summed E-state index contributed by atoms with van der Waals surface area (Å²) in [6, 6.07) is 9.84. The lowest BCUT2D eigenvalue weighted by Gasteiger charge is -2.42. The second-order valence-electron chi connectivity index (χ2n) is 9.69. The molecule has 162 valence electrons. The second kappa shape index (κ2) is 9.98. The lowest BCUT2D eigenvalue weighted by atomic mass is 9.63. The number of halogens is 1. The van der Waals surface area contributed by atoms with Crippen molar-refractivity contribution in [3.05, 3.63) is 54.4 Å². The number of hydrogen-bond acceptors (Lipinski definition) is 1. The van der Waals surface area contributed by atoms with Gasteiger partial charge in [-0.25, -0.2) is 4.39 Å². The minimum Gasteiger partial charge on any atom is -0.489 e. The van der Waals surface area contributed by atoms with E-state index in [0.29, 0.717) is 18.3 Å². The molecule has 0 heterocycles. The van der Waals surface area contributed by atoms with Gasteiger partial charge in [0, 0.05) is 11.5 Å². The SMILES string of the molecule is C=CCOc1cc(F)c2cc(C3CCC4CC(CCCCC)CCC4C3)ccc2c1. The van der Waals surface area contributed by atoms with Gasteiger partial charge in [0.1, 0.15) is 18.2 Å². The Hall–Kier alpha value is -1.83. The van der Waals surface area contributed by atoms with E-state index in [-0.39, 0.29) is 5.82 Å². The summed E-state index contributed by atoms with van der Waals surface area (Å²) in [5, 5.41) is 1.64. The lowest BCUT2D eigenvalue weighted by Crippen LogP contribution is -2.30. The predicted molar refractivity (Wildman–Crippen MR) is 125 cm³/mol. The molecule has 2 fully saturated rings. The van der Waals surface area contributed by atoms with Gasteiger partial charge in [0.2, 0.25) is 0 Å². The minimum absolute atomic E-state index is 0.185. The molecule has 0 spiro atoms. The first kappa shape index (κ1) is 21.4. The van der Waals surface area contributed by atoms with Crippen molar-refractivity contribution in [1.82, 2.24) is 0 Å². The Labute approximate surface area is 181 Å². The maximum absolute atomic E-state index is 14.8. The van der Waals surface area contributed by atoms with Crippen LogP contribution >= 0.6 is 0 Å². The topological polar surface area (TPSA) is 9.23 Å². The van der Waals surface area contributed by atoms with E-state index in [2.05, 4.69) is 31.7 Å². The average Bonchev–Trinajstić information content (AvgIpc) is 2.77. The molecule has 4 unspecified atom stereocenters. The largest absolute Gasteiger partial charge is 0.489 e. The van der Waals surface area contributed by atoms with E-state index in [0.717, 1.165) is 28.5 Å². The first-order valence-electron chi connectivity index (χ1n) is 12.1. The lowest BCUT2D eigenvalue weighted by molar-refractivity contribution is 0.113. The summed E-state index contributed by atoms with van der Waals surface area (Å²) in [5.41, 5.74) is 1.32. The van der Waals surface area contributed by atoms with Gasteiger partial charge in [0.05, 0.1) is 0 Å². The van der Waals surface area contributed by atoms with Crippen LogP contribution < -0.4 is 4.74 Å². The average molecular weight is 409 g/mol. The zero-order chi connectivity index (χ0) is 20.9. The number of rotatable bonds is 8. The van der Waals surface area contributed by atoms with Crippen LogP contribution in [0.25, 0.3) is 10.8 Å². The summed E-state index contributed by atoms with van der Waals surface area (Å²) in [6.45, 7) is 6.35. The molecule has 0 aromatic heterocycles. The molecular weight excluding hydrogens is 371 g/mol. The molecule has 2 aromatic carbocycles. The van der Waals surface area contributed by atoms with Crippen LogP contribution in [0.2, 0.25) is 0 Å². The fraction of sp³-hybridized carbons (Fsp3) is 0.571. The highest BCUT2D eigenvalue weighted by Gasteiger charge is 2.35. The molecule has 0 saturated heterocycles. The molecule has 2 aliphatic rings. The quantitative estimate of drug-likeness (QED) is 0.314. The summed E-state index contributed by atoms with van der Waals surface area (Å²) >= 11 is 0. The van der Waals surface area contributed by atoms with Crippen molar-refractivity contribution in [3.8, 4) is 5.75 Å². The molecule has 0 radical (unpaired) electrons. The van der Waals surface area contributed by atoms with Crippen molar-refractivity contribution >= 4 is 10.8 Å². The molecule has 2 aliphatic carbocycles. The van der Waals surface area contributed by atoms with Gasteiger partial charge in [-0.05, 0) is 78.9 Å². The maximum Gasteiger partial charge on any atom is 0.134 e. The van der Waals surface area contributed by atoms with Crippen LogP contribution in [-0.4, -0.2) is 6.61 Å². The van der Waals surface area contributed by atoms with Gasteiger partial charge < -0.3 is 4.74 Å². The molecule has 30 heavy (non-hydrogen) atoms. The maximum atomic E-state index is 14.8. The van der Waals surface area contributed by atoms with Gasteiger partial charge in [-0.15, -0.1) is 0 Å². The van der Waals surface area contributed by atoms with E-state index >= 15 is 0 Å². The molecule has 0 bridgehead atoms. The van der Waals surface area contributed by atoms with Crippen molar-refractivity contribution in [1.29, 1.82) is 0 Å². The molecule has 4 atom stereocenters. The molecule has 0 amide bonds. The Morgan fingerprint density at radius 1 is 1.03 bits per heavy atom. The molecule has 2 aromatic rings. The number of fused-ring (bicyclic) bond motifs is 2. The summed E-state index contributed by atoms with van der Waals surface area (Å²) < 4.78 is 20.3. The molecule has 1 nitrogen and oxygen atoms in total. The standard InChI is InChI=1S/C28H37FO/c1-3-5-6-7-20-8-9-22-16-23(11-10-21(22)15-20)24-12-13-25-17-26(30-14-4-2)19-28(29)27(25)18-24/h4,12-13,17-23H,2-3,5-11,14-16H2,1H3. The molecular formula is C28H37FO. The van der Waals surface area contributed by atoms with Gasteiger partial charge >= 0.3 is 0 Å². The number of benzene rings is 2. The third-order valence-corrected chi connectivity index (χ3v) is 7.68. The normalized spacial score (nSPS) is 26.3. The molecule has 0 N–H and O–H groups in total. The summed E-state index contributed by atoms with van der Waals surface area (Å²) in [7, 11) is 0. The van der Waals surface area contributed by atoms with E-state index in [1.165, 1.54) is 75.8 Å². The molecule has 2 saturated carbocycles. The predicted octanol–water partition coefficient (Wildman–Crippen LogP) is 8.42. The van der Waals surface area contributed by atoms with Crippen LogP contribution in [0.15, 0.2) is 43.0 Å². The van der Waals surface area contributed by atoms with Crippen LogP contribution in [0.3, 0.4) is 0 Å². The number of unbranched alkanes of at least 4 members (excludes halogenated alkanes) is 2. The van der Waals surface area contributed by atoms with E-state index in [1.54, 1.807) is 6.08 Å². The molecule has 0 aliphatic heterocycles. The van der Waals surface area contributed by atoms with Crippen LogP contribution in [0, 0.1) is 23.6 Å². The number of ether oxygens (including phenoxy) is 1. The number of hydrogen-bond donors (Lipinski definition) is 0. The summed E-state index contributed by atoms with van der Waals surface area (Å²) in [6.07, 6.45) is 15.5. The van der Waals surface area contributed by atoms with Crippen molar-refractivity contribution < 1.29 is 9.13 Å². The van der Waals surface area contributed by atoms with Crippen molar-refractivity contribution in [3.63, 3.8) is 0 Å².